The predicted octanol–water partition coefficient (Wildman–Crippen LogP) is 4.00. The van der Waals surface area contributed by atoms with Crippen molar-refractivity contribution in [3.63, 3.8) is 0 Å². The van der Waals surface area contributed by atoms with Crippen molar-refractivity contribution in [2.45, 2.75) is 13.3 Å². The van der Waals surface area contributed by atoms with E-state index in [0.29, 0.717) is 11.9 Å². The zero-order chi connectivity index (χ0) is 31.7. The van der Waals surface area contributed by atoms with Gasteiger partial charge in [0.05, 0.1) is 18.4 Å². The smallest absolute Gasteiger partial charge is 0.201 e. The number of likely N-dealkylation sites (tertiary alicyclic amines) is 1. The Morgan fingerprint density at radius 1 is 1.07 bits per heavy atom. The third-order valence-corrected chi connectivity index (χ3v) is 7.52. The third-order valence-electron chi connectivity index (χ3n) is 7.15. The number of hydrogen-bond acceptors (Lipinski definition) is 9. The summed E-state index contributed by atoms with van der Waals surface area (Å²) in [4.78, 5) is 26.5. The first kappa shape index (κ1) is 34.6. The van der Waals surface area contributed by atoms with E-state index in [4.69, 9.17) is 21.6 Å². The molecule has 2 aliphatic rings. The Labute approximate surface area is 262 Å². The summed E-state index contributed by atoms with van der Waals surface area (Å²) >= 11 is 6.08. The highest BCUT2D eigenvalue weighted by molar-refractivity contribution is 6.34. The van der Waals surface area contributed by atoms with Gasteiger partial charge in [-0.05, 0) is 51.7 Å². The number of piperazine rings is 1. The molecule has 10 nitrogen and oxygen atoms in total. The minimum atomic E-state index is -1.23. The van der Waals surface area contributed by atoms with E-state index >= 15 is 0 Å². The molecule has 13 heteroatoms. The lowest BCUT2D eigenvalue weighted by atomic mass is 10.1. The number of hydrogen-bond donors (Lipinski definition) is 1. The van der Waals surface area contributed by atoms with Crippen LogP contribution in [0, 0.1) is 23.0 Å². The van der Waals surface area contributed by atoms with Crippen LogP contribution in [0.4, 0.5) is 8.78 Å². The standard InChI is InChI=1S/C21H18ClF2N5O2.C10H21N3/c1-2-15(14-30)17(22)5-7-28-29-11-10-26-8-9-27-13-18(29)16-3-4-19(31-12-6-25)21(24)20(16)23;1-11-5-7-13(8-6-11)10-9-12-3-2-4-12/h2-5,8-11,13-14,28H,7,12H2,1H3;2-10H2,1H3/b11-10?,15-2-,17-5+,18-13?,26-8?,27-9?;. The van der Waals surface area contributed by atoms with Crippen molar-refractivity contribution in [2.75, 3.05) is 78.0 Å². The van der Waals surface area contributed by atoms with Crippen LogP contribution in [0.2, 0.25) is 0 Å². The molecule has 0 unspecified atom stereocenters. The molecule has 0 atom stereocenters. The van der Waals surface area contributed by atoms with Gasteiger partial charge in [0.2, 0.25) is 5.82 Å². The van der Waals surface area contributed by atoms with Gasteiger partial charge < -0.3 is 20.0 Å². The molecule has 0 saturated carbocycles. The molecule has 0 spiro atoms. The van der Waals surface area contributed by atoms with Crippen molar-refractivity contribution in [1.29, 1.82) is 5.26 Å². The molecule has 44 heavy (non-hydrogen) atoms. The first-order chi connectivity index (χ1) is 21.4. The van der Waals surface area contributed by atoms with Crippen molar-refractivity contribution in [3.05, 3.63) is 77.5 Å². The number of aldehydes is 1. The molecule has 1 N–H and O–H groups in total. The number of ether oxygens (including phenoxy) is 1. The second kappa shape index (κ2) is 18.7. The van der Waals surface area contributed by atoms with E-state index in [-0.39, 0.29) is 28.6 Å². The number of carbonyl (C=O) groups is 1. The Bertz CT molecular complexity index is 1380. The van der Waals surface area contributed by atoms with Crippen molar-refractivity contribution >= 4 is 17.9 Å². The van der Waals surface area contributed by atoms with E-state index in [1.165, 1.54) is 107 Å². The normalized spacial score (nSPS) is 16.1. The van der Waals surface area contributed by atoms with Crippen LogP contribution in [-0.2, 0) is 4.79 Å². The van der Waals surface area contributed by atoms with Crippen LogP contribution in [0.1, 0.15) is 13.3 Å². The SMILES string of the molecule is C/C=C(C=O)\C(Cl)=C/CNn1ccnccncc1-c1ccc(OCC#N)c(F)c1F.CN1CCN(CCN2CCC2)CC1. The molecule has 0 aliphatic carbocycles. The topological polar surface area (TPSA) is 103 Å². The van der Waals surface area contributed by atoms with Gasteiger partial charge in [-0.25, -0.2) is 4.39 Å². The van der Waals surface area contributed by atoms with Crippen LogP contribution >= 0.6 is 11.6 Å². The highest BCUT2D eigenvalue weighted by Gasteiger charge is 2.18. The molecule has 2 fully saturated rings. The van der Waals surface area contributed by atoms with Crippen LogP contribution in [0.25, 0.3) is 11.3 Å². The molecule has 2 saturated heterocycles. The highest BCUT2D eigenvalue weighted by atomic mass is 35.5. The van der Waals surface area contributed by atoms with Gasteiger partial charge in [0, 0.05) is 80.2 Å². The fourth-order valence-corrected chi connectivity index (χ4v) is 4.58. The maximum Gasteiger partial charge on any atom is 0.201 e. The Hall–Kier alpha value is -3.89. The van der Waals surface area contributed by atoms with Gasteiger partial charge in [0.25, 0.3) is 0 Å². The summed E-state index contributed by atoms with van der Waals surface area (Å²) in [6.45, 7) is 11.7. The van der Waals surface area contributed by atoms with E-state index in [1.54, 1.807) is 25.1 Å². The lowest BCUT2D eigenvalue weighted by molar-refractivity contribution is -0.104. The highest BCUT2D eigenvalue weighted by Crippen LogP contribution is 2.29. The van der Waals surface area contributed by atoms with Gasteiger partial charge in [0.15, 0.2) is 24.5 Å². The molecule has 1 aromatic heterocycles. The van der Waals surface area contributed by atoms with E-state index in [9.17, 15) is 13.6 Å². The number of allylic oxidation sites excluding steroid dienone is 3. The van der Waals surface area contributed by atoms with Gasteiger partial charge in [-0.3, -0.25) is 24.3 Å². The number of nitrogens with zero attached hydrogens (tertiary/aromatic N) is 7. The van der Waals surface area contributed by atoms with Gasteiger partial charge in [-0.15, -0.1) is 0 Å². The second-order valence-corrected chi connectivity index (χ2v) is 10.5. The molecule has 236 valence electrons. The Kier molecular flexibility index (Phi) is 14.7. The number of nitrogens with one attached hydrogen (secondary N) is 1. The first-order valence-corrected chi connectivity index (χ1v) is 14.8. The number of rotatable bonds is 11. The largest absolute Gasteiger partial charge is 0.476 e. The maximum atomic E-state index is 14.8. The van der Waals surface area contributed by atoms with Crippen molar-refractivity contribution in [2.24, 2.45) is 0 Å². The quantitative estimate of drug-likeness (QED) is 0.225. The number of aromatic nitrogens is 3. The lowest BCUT2D eigenvalue weighted by Crippen LogP contribution is -2.48. The fourth-order valence-electron chi connectivity index (χ4n) is 4.35. The van der Waals surface area contributed by atoms with Crippen molar-refractivity contribution in [3.8, 4) is 23.1 Å². The number of likely N-dealkylation sites (N-methyl/N-ethyl adjacent to an activating group) is 1. The molecule has 1 aromatic carbocycles. The average molecular weight is 629 g/mol. The summed E-state index contributed by atoms with van der Waals surface area (Å²) in [5, 5.41) is 8.80. The minimum absolute atomic E-state index is 0.116. The molecule has 2 aliphatic heterocycles. The lowest BCUT2D eigenvalue weighted by Gasteiger charge is -2.36. The third kappa shape index (κ3) is 10.7. The molecular formula is C31H39ClF2N8O2. The Morgan fingerprint density at radius 2 is 1.77 bits per heavy atom. The molecular weight excluding hydrogens is 590 g/mol. The molecule has 3 heterocycles. The van der Waals surface area contributed by atoms with E-state index in [1.807, 2.05) is 0 Å². The molecule has 2 aromatic rings. The zero-order valence-corrected chi connectivity index (χ0v) is 25.9. The summed E-state index contributed by atoms with van der Waals surface area (Å²) in [6, 6.07) is 4.22. The molecule has 0 radical (unpaired) electrons. The van der Waals surface area contributed by atoms with Gasteiger partial charge in [-0.1, -0.05) is 17.7 Å². The summed E-state index contributed by atoms with van der Waals surface area (Å²) in [5.41, 5.74) is 3.32. The maximum absolute atomic E-state index is 14.8. The van der Waals surface area contributed by atoms with Crippen LogP contribution in [0.15, 0.2) is 65.9 Å². The van der Waals surface area contributed by atoms with Crippen LogP contribution in [0.5, 0.6) is 5.75 Å². The number of benzene rings is 1. The summed E-state index contributed by atoms with van der Waals surface area (Å²) in [7, 11) is 2.22. The zero-order valence-electron chi connectivity index (χ0n) is 25.1. The second-order valence-electron chi connectivity index (χ2n) is 10.1. The van der Waals surface area contributed by atoms with Crippen LogP contribution < -0.4 is 10.2 Å². The van der Waals surface area contributed by atoms with E-state index in [2.05, 4.69) is 37.1 Å². The number of nitriles is 1. The predicted molar refractivity (Wildman–Crippen MR) is 167 cm³/mol. The Morgan fingerprint density at radius 3 is 2.41 bits per heavy atom. The summed E-state index contributed by atoms with van der Waals surface area (Å²) in [6.07, 6.45) is 12.2. The Balaban J connectivity index is 0.000000335. The monoisotopic (exact) mass is 628 g/mol. The van der Waals surface area contributed by atoms with E-state index < -0.39 is 18.2 Å². The average Bonchev–Trinajstić information content (AvgIpc) is 3.11. The summed E-state index contributed by atoms with van der Waals surface area (Å²) < 4.78 is 35.5. The van der Waals surface area contributed by atoms with E-state index in [0.717, 1.165) is 0 Å². The fraction of sp³-hybridized carbons (Fsp3) is 0.419. The number of halogens is 3. The first-order valence-electron chi connectivity index (χ1n) is 14.4. The number of carbonyl (C=O) groups excluding carboxylic acids is 1. The molecule has 0 bridgehead atoms. The summed E-state index contributed by atoms with van der Waals surface area (Å²) in [5.74, 6) is -2.79. The van der Waals surface area contributed by atoms with Gasteiger partial charge >= 0.3 is 0 Å². The van der Waals surface area contributed by atoms with Crippen molar-refractivity contribution < 1.29 is 18.3 Å². The molecule has 0 amide bonds. The molecule has 4 rings (SSSR count). The van der Waals surface area contributed by atoms with Crippen molar-refractivity contribution in [1.82, 2.24) is 29.3 Å². The minimum Gasteiger partial charge on any atom is -0.476 e. The van der Waals surface area contributed by atoms with Crippen LogP contribution in [-0.4, -0.2) is 108 Å². The van der Waals surface area contributed by atoms with Gasteiger partial charge in [0.1, 0.15) is 6.07 Å². The van der Waals surface area contributed by atoms with Gasteiger partial charge in [-0.2, -0.15) is 9.65 Å². The van der Waals surface area contributed by atoms with Crippen LogP contribution in [0.3, 0.4) is 0 Å².